The fraction of sp³-hybridized carbons (Fsp3) is 0.444. The number of anilines is 2. The summed E-state index contributed by atoms with van der Waals surface area (Å²) in [5.74, 6) is 1.86. The van der Waals surface area contributed by atoms with Crippen LogP contribution in [0, 0.1) is 5.92 Å². The number of nitrogens with zero attached hydrogens (tertiary/aromatic N) is 3. The van der Waals surface area contributed by atoms with Crippen LogP contribution in [0.5, 0.6) is 0 Å². The highest BCUT2D eigenvalue weighted by Gasteiger charge is 2.30. The molecule has 2 N–H and O–H groups in total. The molecule has 5 nitrogen and oxygen atoms in total. The van der Waals surface area contributed by atoms with Gasteiger partial charge in [0.15, 0.2) is 0 Å². The van der Waals surface area contributed by atoms with Gasteiger partial charge in [-0.2, -0.15) is 17.6 Å². The first kappa shape index (κ1) is 10.2. The number of aromatic nitrogens is 2. The quantitative estimate of drug-likeness (QED) is 0.711. The second-order valence-electron chi connectivity index (χ2n) is 3.53. The topological polar surface area (TPSA) is 72.1 Å². The van der Waals surface area contributed by atoms with Gasteiger partial charge in [-0.15, -0.1) is 0 Å². The molecular weight excluding hydrogens is 212 g/mol. The van der Waals surface area contributed by atoms with Crippen LogP contribution in [-0.2, 0) is 4.79 Å². The zero-order chi connectivity index (χ0) is 10.8. The summed E-state index contributed by atoms with van der Waals surface area (Å²) in [4.78, 5) is 21.1. The van der Waals surface area contributed by atoms with E-state index in [-0.39, 0.29) is 11.9 Å². The van der Waals surface area contributed by atoms with Crippen LogP contribution in [0.25, 0.3) is 0 Å². The van der Waals surface area contributed by atoms with Crippen LogP contribution in [0.15, 0.2) is 12.3 Å². The van der Waals surface area contributed by atoms with Crippen LogP contribution < -0.4 is 10.6 Å². The lowest BCUT2D eigenvalue weighted by Crippen LogP contribution is -2.26. The third-order valence-electron chi connectivity index (χ3n) is 2.40. The largest absolute Gasteiger partial charge is 0.368 e. The molecular formula is C9H12N4OS. The van der Waals surface area contributed by atoms with Gasteiger partial charge in [0.05, 0.1) is 0 Å². The summed E-state index contributed by atoms with van der Waals surface area (Å²) in [7, 11) is 0. The minimum atomic E-state index is 0.0761. The van der Waals surface area contributed by atoms with Crippen molar-refractivity contribution in [2.75, 3.05) is 22.9 Å². The second-order valence-corrected chi connectivity index (χ2v) is 3.90. The average Bonchev–Trinajstić information content (AvgIpc) is 2.60. The molecule has 1 amide bonds. The molecule has 1 aromatic rings. The summed E-state index contributed by atoms with van der Waals surface area (Å²) < 4.78 is 0. The Morgan fingerprint density at radius 1 is 1.67 bits per heavy atom. The van der Waals surface area contributed by atoms with E-state index in [1.807, 2.05) is 0 Å². The summed E-state index contributed by atoms with van der Waals surface area (Å²) >= 11 is 4.19. The Morgan fingerprint density at radius 3 is 3.07 bits per heavy atom. The molecule has 1 atom stereocenters. The third-order valence-corrected chi connectivity index (χ3v) is 2.92. The Labute approximate surface area is 93.1 Å². The van der Waals surface area contributed by atoms with Gasteiger partial charge in [0, 0.05) is 19.2 Å². The monoisotopic (exact) mass is 224 g/mol. The first-order chi connectivity index (χ1) is 7.20. The lowest BCUT2D eigenvalue weighted by atomic mass is 10.1. The van der Waals surface area contributed by atoms with Gasteiger partial charge >= 0.3 is 0 Å². The number of amides is 1. The Hall–Kier alpha value is -1.30. The van der Waals surface area contributed by atoms with Crippen molar-refractivity contribution in [2.45, 2.75) is 6.42 Å². The van der Waals surface area contributed by atoms with Crippen molar-refractivity contribution in [1.82, 2.24) is 9.97 Å². The fourth-order valence-corrected chi connectivity index (χ4v) is 1.88. The summed E-state index contributed by atoms with van der Waals surface area (Å²) in [6, 6.07) is 1.69. The van der Waals surface area contributed by atoms with Crippen LogP contribution >= 0.6 is 12.6 Å². The molecule has 0 radical (unpaired) electrons. The van der Waals surface area contributed by atoms with E-state index in [9.17, 15) is 4.79 Å². The third kappa shape index (κ3) is 2.04. The van der Waals surface area contributed by atoms with Crippen molar-refractivity contribution in [3.05, 3.63) is 12.3 Å². The molecule has 2 rings (SSSR count). The Bertz CT molecular complexity index is 384. The highest BCUT2D eigenvalue weighted by atomic mass is 32.1. The van der Waals surface area contributed by atoms with Crippen molar-refractivity contribution in [3.8, 4) is 0 Å². The average molecular weight is 224 g/mol. The number of carbonyl (C=O) groups is 1. The molecule has 0 spiro atoms. The summed E-state index contributed by atoms with van der Waals surface area (Å²) in [5, 5.41) is 0. The number of carbonyl (C=O) groups excluding carboxylic acids is 1. The van der Waals surface area contributed by atoms with Gasteiger partial charge in [-0.3, -0.25) is 9.69 Å². The highest BCUT2D eigenvalue weighted by Crippen LogP contribution is 2.23. The van der Waals surface area contributed by atoms with Crippen molar-refractivity contribution < 1.29 is 4.79 Å². The Kier molecular flexibility index (Phi) is 2.77. The molecule has 2 heterocycles. The van der Waals surface area contributed by atoms with E-state index in [0.29, 0.717) is 30.5 Å². The Morgan fingerprint density at radius 2 is 2.47 bits per heavy atom. The molecule has 1 fully saturated rings. The van der Waals surface area contributed by atoms with E-state index in [0.717, 1.165) is 0 Å². The maximum atomic E-state index is 11.6. The van der Waals surface area contributed by atoms with E-state index in [4.69, 9.17) is 5.73 Å². The molecule has 0 aromatic carbocycles. The zero-order valence-electron chi connectivity index (χ0n) is 8.13. The molecule has 1 saturated heterocycles. The van der Waals surface area contributed by atoms with E-state index >= 15 is 0 Å². The molecule has 0 aliphatic carbocycles. The molecule has 80 valence electrons. The highest BCUT2D eigenvalue weighted by molar-refractivity contribution is 7.80. The smallest absolute Gasteiger partial charge is 0.228 e. The number of nitrogens with two attached hydrogens (primary N) is 1. The molecule has 0 bridgehead atoms. The summed E-state index contributed by atoms with van der Waals surface area (Å²) in [6.45, 7) is 0.665. The summed E-state index contributed by atoms with van der Waals surface area (Å²) in [6.07, 6.45) is 2.09. The van der Waals surface area contributed by atoms with Crippen LogP contribution in [0.2, 0.25) is 0 Å². The number of rotatable bonds is 2. The number of hydrogen-bond donors (Lipinski definition) is 2. The first-order valence-corrected chi connectivity index (χ1v) is 5.33. The minimum absolute atomic E-state index is 0.0761. The first-order valence-electron chi connectivity index (χ1n) is 4.70. The zero-order valence-corrected chi connectivity index (χ0v) is 9.02. The SMILES string of the molecule is Nc1nccc(N2CC(CS)CC2=O)n1. The van der Waals surface area contributed by atoms with Gasteiger partial charge in [0.25, 0.3) is 0 Å². The van der Waals surface area contributed by atoms with Crippen molar-refractivity contribution in [2.24, 2.45) is 5.92 Å². The maximum absolute atomic E-state index is 11.6. The van der Waals surface area contributed by atoms with Crippen LogP contribution in [0.1, 0.15) is 6.42 Å². The van der Waals surface area contributed by atoms with Gasteiger partial charge in [0.1, 0.15) is 5.82 Å². The van der Waals surface area contributed by atoms with E-state index in [2.05, 4.69) is 22.6 Å². The predicted molar refractivity (Wildman–Crippen MR) is 60.8 cm³/mol. The lowest BCUT2D eigenvalue weighted by Gasteiger charge is -2.14. The lowest BCUT2D eigenvalue weighted by molar-refractivity contribution is -0.117. The molecule has 0 saturated carbocycles. The number of hydrogen-bond acceptors (Lipinski definition) is 5. The van der Waals surface area contributed by atoms with Crippen LogP contribution in [0.4, 0.5) is 11.8 Å². The van der Waals surface area contributed by atoms with Gasteiger partial charge < -0.3 is 5.73 Å². The summed E-state index contributed by atoms with van der Waals surface area (Å²) in [5.41, 5.74) is 5.46. The number of thiol groups is 1. The minimum Gasteiger partial charge on any atom is -0.368 e. The Balaban J connectivity index is 2.21. The van der Waals surface area contributed by atoms with Gasteiger partial charge in [-0.05, 0) is 17.7 Å². The fourth-order valence-electron chi connectivity index (χ4n) is 1.64. The van der Waals surface area contributed by atoms with E-state index < -0.39 is 0 Å². The predicted octanol–water partition coefficient (Wildman–Crippen LogP) is 0.341. The second kappa shape index (κ2) is 4.06. The van der Waals surface area contributed by atoms with Gasteiger partial charge in [-0.1, -0.05) is 0 Å². The molecule has 15 heavy (non-hydrogen) atoms. The van der Waals surface area contributed by atoms with Gasteiger partial charge in [0.2, 0.25) is 11.9 Å². The molecule has 1 aromatic heterocycles. The molecule has 1 aliphatic heterocycles. The van der Waals surface area contributed by atoms with Crippen LogP contribution in [0.3, 0.4) is 0 Å². The van der Waals surface area contributed by atoms with E-state index in [1.165, 1.54) is 0 Å². The normalized spacial score (nSPS) is 21.0. The molecule has 1 aliphatic rings. The standard InChI is InChI=1S/C9H12N4OS/c10-9-11-2-1-7(12-9)13-4-6(5-15)3-8(13)14/h1-2,6,15H,3-5H2,(H2,10,11,12). The number of nitrogen functional groups attached to an aromatic ring is 1. The maximum Gasteiger partial charge on any atom is 0.228 e. The van der Waals surface area contributed by atoms with Crippen LogP contribution in [-0.4, -0.2) is 28.2 Å². The van der Waals surface area contributed by atoms with Crippen molar-refractivity contribution in [3.63, 3.8) is 0 Å². The molecule has 6 heteroatoms. The van der Waals surface area contributed by atoms with Crippen molar-refractivity contribution >= 4 is 30.3 Å². The van der Waals surface area contributed by atoms with Gasteiger partial charge in [-0.25, -0.2) is 4.98 Å². The van der Waals surface area contributed by atoms with E-state index in [1.54, 1.807) is 17.2 Å². The molecule has 1 unspecified atom stereocenters. The van der Waals surface area contributed by atoms with Crippen molar-refractivity contribution in [1.29, 1.82) is 0 Å².